The largest absolute Gasteiger partial charge is 0.388 e. The number of aliphatic hydroxyl groups is 1. The van der Waals surface area contributed by atoms with Gasteiger partial charge in [0.25, 0.3) is 0 Å². The van der Waals surface area contributed by atoms with Gasteiger partial charge >= 0.3 is 6.03 Å². The van der Waals surface area contributed by atoms with E-state index in [0.717, 1.165) is 38.7 Å². The highest BCUT2D eigenvalue weighted by molar-refractivity contribution is 5.73. The maximum Gasteiger partial charge on any atom is 0.314 e. The van der Waals surface area contributed by atoms with Gasteiger partial charge in [0.05, 0.1) is 11.7 Å². The zero-order valence-corrected chi connectivity index (χ0v) is 13.7. The Morgan fingerprint density at radius 1 is 1.05 bits per heavy atom. The van der Waals surface area contributed by atoms with Gasteiger partial charge in [0.15, 0.2) is 0 Å². The zero-order chi connectivity index (χ0) is 15.7. The summed E-state index contributed by atoms with van der Waals surface area (Å²) in [7, 11) is 0. The Balaban J connectivity index is 1.41. The van der Waals surface area contributed by atoms with Crippen LogP contribution in [-0.2, 0) is 4.74 Å². The maximum atomic E-state index is 11.6. The molecule has 5 heteroatoms. The minimum absolute atomic E-state index is 0.176. The second kappa shape index (κ2) is 9.36. The summed E-state index contributed by atoms with van der Waals surface area (Å²) in [5, 5.41) is 15.5. The number of nitrogens with one attached hydrogen (secondary N) is 2. The summed E-state index contributed by atoms with van der Waals surface area (Å²) >= 11 is 0. The fourth-order valence-electron chi connectivity index (χ4n) is 3.16. The zero-order valence-electron chi connectivity index (χ0n) is 13.7. The minimum Gasteiger partial charge on any atom is -0.388 e. The van der Waals surface area contributed by atoms with Gasteiger partial charge < -0.3 is 20.5 Å². The molecule has 3 N–H and O–H groups in total. The molecule has 0 aromatic heterocycles. The predicted octanol–water partition coefficient (Wildman–Crippen LogP) is 2.72. The van der Waals surface area contributed by atoms with Gasteiger partial charge in [-0.25, -0.2) is 4.79 Å². The Kier molecular flexibility index (Phi) is 7.46. The van der Waals surface area contributed by atoms with E-state index in [-0.39, 0.29) is 6.03 Å². The first-order valence-electron chi connectivity index (χ1n) is 9.04. The average Bonchev–Trinajstić information content (AvgIpc) is 2.75. The fourth-order valence-corrected chi connectivity index (χ4v) is 3.16. The van der Waals surface area contributed by atoms with E-state index in [1.807, 2.05) is 0 Å². The Hall–Kier alpha value is -0.810. The molecule has 0 aromatic rings. The lowest BCUT2D eigenvalue weighted by Crippen LogP contribution is -2.50. The van der Waals surface area contributed by atoms with Crippen LogP contribution in [0.25, 0.3) is 0 Å². The van der Waals surface area contributed by atoms with Crippen molar-refractivity contribution in [3.63, 3.8) is 0 Å². The van der Waals surface area contributed by atoms with Crippen molar-refractivity contribution in [2.75, 3.05) is 19.7 Å². The summed E-state index contributed by atoms with van der Waals surface area (Å²) < 4.78 is 5.92. The van der Waals surface area contributed by atoms with E-state index in [0.29, 0.717) is 19.2 Å². The van der Waals surface area contributed by atoms with Gasteiger partial charge in [0, 0.05) is 19.7 Å². The van der Waals surface area contributed by atoms with E-state index in [1.54, 1.807) is 0 Å². The van der Waals surface area contributed by atoms with Gasteiger partial charge in [0.1, 0.15) is 0 Å². The van der Waals surface area contributed by atoms with E-state index in [1.165, 1.54) is 38.5 Å². The van der Waals surface area contributed by atoms with Gasteiger partial charge in [-0.05, 0) is 44.9 Å². The van der Waals surface area contributed by atoms with E-state index < -0.39 is 5.60 Å². The summed E-state index contributed by atoms with van der Waals surface area (Å²) in [6.45, 7) is 1.83. The van der Waals surface area contributed by atoms with Gasteiger partial charge in [-0.1, -0.05) is 25.7 Å². The third-order valence-electron chi connectivity index (χ3n) is 4.87. The van der Waals surface area contributed by atoms with Gasteiger partial charge in [-0.2, -0.15) is 0 Å². The standard InChI is InChI=1S/C17H32N2O3/c20-16(19-14-17(21)10-7-11-17)18-12-5-6-13-22-15-8-3-1-2-4-9-15/h15,21H,1-14H2,(H2,18,19,20). The summed E-state index contributed by atoms with van der Waals surface area (Å²) in [4.78, 5) is 11.6. The van der Waals surface area contributed by atoms with Crippen LogP contribution >= 0.6 is 0 Å². The van der Waals surface area contributed by atoms with Crippen LogP contribution in [-0.4, -0.2) is 42.5 Å². The van der Waals surface area contributed by atoms with Crippen LogP contribution in [0.5, 0.6) is 0 Å². The van der Waals surface area contributed by atoms with Crippen LogP contribution in [0.1, 0.15) is 70.6 Å². The Morgan fingerprint density at radius 3 is 2.41 bits per heavy atom. The monoisotopic (exact) mass is 312 g/mol. The molecule has 2 saturated carbocycles. The number of urea groups is 1. The van der Waals surface area contributed by atoms with Gasteiger partial charge in [-0.15, -0.1) is 0 Å². The third-order valence-corrected chi connectivity index (χ3v) is 4.87. The number of amides is 2. The number of ether oxygens (including phenoxy) is 1. The van der Waals surface area contributed by atoms with Crippen molar-refractivity contribution in [3.05, 3.63) is 0 Å². The normalized spacial score (nSPS) is 21.7. The molecule has 0 atom stereocenters. The molecule has 0 heterocycles. The first-order valence-corrected chi connectivity index (χ1v) is 9.04. The maximum absolute atomic E-state index is 11.6. The Morgan fingerprint density at radius 2 is 1.77 bits per heavy atom. The highest BCUT2D eigenvalue weighted by Crippen LogP contribution is 2.30. The Labute approximate surface area is 134 Å². The predicted molar refractivity (Wildman–Crippen MR) is 86.9 cm³/mol. The lowest BCUT2D eigenvalue weighted by Gasteiger charge is -2.36. The van der Waals surface area contributed by atoms with Crippen molar-refractivity contribution in [1.29, 1.82) is 0 Å². The van der Waals surface area contributed by atoms with Crippen molar-refractivity contribution in [1.82, 2.24) is 10.6 Å². The molecular formula is C17H32N2O3. The molecule has 0 saturated heterocycles. The molecular weight excluding hydrogens is 280 g/mol. The number of unbranched alkanes of at least 4 members (excludes halogenated alkanes) is 1. The van der Waals surface area contributed by atoms with E-state index in [2.05, 4.69) is 10.6 Å². The summed E-state index contributed by atoms with van der Waals surface area (Å²) in [5.74, 6) is 0. The quantitative estimate of drug-likeness (QED) is 0.477. The first-order chi connectivity index (χ1) is 10.7. The SMILES string of the molecule is O=C(NCCCCOC1CCCCCC1)NCC1(O)CCC1. The molecule has 2 aliphatic carbocycles. The molecule has 22 heavy (non-hydrogen) atoms. The highest BCUT2D eigenvalue weighted by Gasteiger charge is 2.34. The lowest BCUT2D eigenvalue weighted by molar-refractivity contribution is -0.0290. The van der Waals surface area contributed by atoms with Crippen LogP contribution in [0.15, 0.2) is 0 Å². The summed E-state index contributed by atoms with van der Waals surface area (Å²) in [5.41, 5.74) is -0.649. The van der Waals surface area contributed by atoms with Crippen LogP contribution in [0.4, 0.5) is 4.79 Å². The third kappa shape index (κ3) is 6.53. The molecule has 5 nitrogen and oxygen atoms in total. The van der Waals surface area contributed by atoms with Crippen molar-refractivity contribution in [3.8, 4) is 0 Å². The topological polar surface area (TPSA) is 70.6 Å². The minimum atomic E-state index is -0.649. The smallest absolute Gasteiger partial charge is 0.314 e. The first kappa shape index (κ1) is 17.5. The van der Waals surface area contributed by atoms with Gasteiger partial charge in [0.2, 0.25) is 0 Å². The average molecular weight is 312 g/mol. The van der Waals surface area contributed by atoms with Crippen LogP contribution in [0.3, 0.4) is 0 Å². The van der Waals surface area contributed by atoms with Crippen molar-refractivity contribution in [2.45, 2.75) is 82.3 Å². The number of hydrogen-bond donors (Lipinski definition) is 3. The van der Waals surface area contributed by atoms with E-state index >= 15 is 0 Å². The molecule has 0 aliphatic heterocycles. The molecule has 2 fully saturated rings. The Bertz CT molecular complexity index is 324. The lowest BCUT2D eigenvalue weighted by atomic mass is 9.80. The van der Waals surface area contributed by atoms with E-state index in [4.69, 9.17) is 4.74 Å². The van der Waals surface area contributed by atoms with Crippen molar-refractivity contribution in [2.24, 2.45) is 0 Å². The molecule has 2 amide bonds. The fraction of sp³-hybridized carbons (Fsp3) is 0.941. The van der Waals surface area contributed by atoms with Gasteiger partial charge in [-0.3, -0.25) is 0 Å². The van der Waals surface area contributed by atoms with Crippen LogP contribution < -0.4 is 10.6 Å². The molecule has 0 bridgehead atoms. The highest BCUT2D eigenvalue weighted by atomic mass is 16.5. The van der Waals surface area contributed by atoms with Crippen molar-refractivity contribution >= 4 is 6.03 Å². The number of carbonyl (C=O) groups is 1. The molecule has 128 valence electrons. The molecule has 2 rings (SSSR count). The molecule has 0 unspecified atom stereocenters. The van der Waals surface area contributed by atoms with Crippen LogP contribution in [0, 0.1) is 0 Å². The molecule has 0 radical (unpaired) electrons. The van der Waals surface area contributed by atoms with Crippen LogP contribution in [0.2, 0.25) is 0 Å². The second-order valence-electron chi connectivity index (χ2n) is 6.88. The number of hydrogen-bond acceptors (Lipinski definition) is 3. The number of rotatable bonds is 8. The molecule has 0 aromatic carbocycles. The number of carbonyl (C=O) groups excluding carboxylic acids is 1. The van der Waals surface area contributed by atoms with Crippen molar-refractivity contribution < 1.29 is 14.6 Å². The summed E-state index contributed by atoms with van der Waals surface area (Å²) in [6.07, 6.45) is 12.8. The summed E-state index contributed by atoms with van der Waals surface area (Å²) in [6, 6.07) is -0.176. The molecule has 0 spiro atoms. The molecule has 2 aliphatic rings. The second-order valence-corrected chi connectivity index (χ2v) is 6.88. The van der Waals surface area contributed by atoms with E-state index in [9.17, 15) is 9.90 Å².